The number of H-pyrrole nitrogens is 1. The van der Waals surface area contributed by atoms with Crippen LogP contribution in [-0.2, 0) is 6.18 Å². The third kappa shape index (κ3) is 2.51. The molecule has 0 radical (unpaired) electrons. The van der Waals surface area contributed by atoms with Crippen LogP contribution in [0.4, 0.5) is 13.2 Å². The van der Waals surface area contributed by atoms with Gasteiger partial charge in [0.2, 0.25) is 0 Å². The van der Waals surface area contributed by atoms with Gasteiger partial charge in [0.1, 0.15) is 0 Å². The normalized spacial score (nSPS) is 11.8. The van der Waals surface area contributed by atoms with E-state index in [9.17, 15) is 13.2 Å². The number of rotatable bonds is 1. The highest BCUT2D eigenvalue weighted by molar-refractivity contribution is 9.10. The van der Waals surface area contributed by atoms with Crippen LogP contribution in [0.5, 0.6) is 0 Å². The summed E-state index contributed by atoms with van der Waals surface area (Å²) < 4.78 is 40.4. The molecule has 0 atom stereocenters. The summed E-state index contributed by atoms with van der Waals surface area (Å²) in [6.07, 6.45) is -2.72. The topological polar surface area (TPSA) is 20.7 Å². The Balaban J connectivity index is 2.64. The molecule has 0 fully saturated rings. The molecule has 2 rings (SSSR count). The number of aromatic nitrogens is 2. The van der Waals surface area contributed by atoms with Gasteiger partial charge in [0.25, 0.3) is 0 Å². The number of aromatic amines is 1. The van der Waals surface area contributed by atoms with E-state index in [1.54, 1.807) is 13.1 Å². The van der Waals surface area contributed by atoms with Crippen molar-refractivity contribution >= 4 is 28.1 Å². The minimum atomic E-state index is -4.37. The summed E-state index contributed by atoms with van der Waals surface area (Å²) in [6.45, 7) is 1.79. The van der Waals surface area contributed by atoms with Gasteiger partial charge in [-0.2, -0.15) is 13.2 Å². The van der Waals surface area contributed by atoms with E-state index in [-0.39, 0.29) is 0 Å². The van der Waals surface area contributed by atoms with Crippen LogP contribution >= 0.6 is 28.1 Å². The summed E-state index contributed by atoms with van der Waals surface area (Å²) in [4.78, 5) is 2.87. The predicted molar refractivity (Wildman–Crippen MR) is 68.4 cm³/mol. The monoisotopic (exact) mass is 336 g/mol. The molecule has 0 unspecified atom stereocenters. The van der Waals surface area contributed by atoms with Crippen LogP contribution in [0.15, 0.2) is 28.9 Å². The summed E-state index contributed by atoms with van der Waals surface area (Å²) in [6, 6.07) is 3.45. The van der Waals surface area contributed by atoms with E-state index in [4.69, 9.17) is 12.2 Å². The maximum atomic E-state index is 12.7. The second-order valence-corrected chi connectivity index (χ2v) is 5.02. The highest BCUT2D eigenvalue weighted by Crippen LogP contribution is 2.33. The quantitative estimate of drug-likeness (QED) is 0.753. The number of halogens is 4. The van der Waals surface area contributed by atoms with Crippen LogP contribution in [0.2, 0.25) is 0 Å². The number of hydrogen-bond acceptors (Lipinski definition) is 1. The Hall–Kier alpha value is -1.08. The van der Waals surface area contributed by atoms with Gasteiger partial charge in [-0.05, 0) is 53.3 Å². The van der Waals surface area contributed by atoms with E-state index < -0.39 is 11.7 Å². The molecule has 1 heterocycles. The zero-order chi connectivity index (χ0) is 13.5. The van der Waals surface area contributed by atoms with Crippen LogP contribution < -0.4 is 0 Å². The molecule has 2 nitrogen and oxygen atoms in total. The number of alkyl halides is 3. The van der Waals surface area contributed by atoms with E-state index in [2.05, 4.69) is 20.9 Å². The summed E-state index contributed by atoms with van der Waals surface area (Å²) in [5, 5.41) is 0. The maximum absolute atomic E-state index is 12.7. The average molecular weight is 337 g/mol. The van der Waals surface area contributed by atoms with Crippen molar-refractivity contribution < 1.29 is 13.2 Å². The molecule has 0 aliphatic heterocycles. The van der Waals surface area contributed by atoms with Crippen LogP contribution in [0.3, 0.4) is 0 Å². The van der Waals surface area contributed by atoms with Crippen LogP contribution in [-0.4, -0.2) is 9.55 Å². The summed E-state index contributed by atoms with van der Waals surface area (Å²) in [5.74, 6) is 0. The molecule has 0 saturated heterocycles. The maximum Gasteiger partial charge on any atom is 0.416 e. The summed E-state index contributed by atoms with van der Waals surface area (Å²) in [5.41, 5.74) is 0.435. The lowest BCUT2D eigenvalue weighted by Gasteiger charge is -2.11. The number of benzene rings is 1. The Morgan fingerprint density at radius 2 is 2.00 bits per heavy atom. The average Bonchev–Trinajstić information content (AvgIpc) is 2.56. The molecular weight excluding hydrogens is 329 g/mol. The van der Waals surface area contributed by atoms with Crippen molar-refractivity contribution in [2.75, 3.05) is 0 Å². The number of aryl methyl sites for hydroxylation is 1. The lowest BCUT2D eigenvalue weighted by Crippen LogP contribution is -2.06. The highest BCUT2D eigenvalue weighted by atomic mass is 79.9. The zero-order valence-electron chi connectivity index (χ0n) is 9.18. The van der Waals surface area contributed by atoms with Crippen molar-refractivity contribution in [3.05, 3.63) is 44.9 Å². The van der Waals surface area contributed by atoms with Gasteiger partial charge in [0.15, 0.2) is 4.77 Å². The molecule has 18 heavy (non-hydrogen) atoms. The van der Waals surface area contributed by atoms with E-state index in [0.717, 1.165) is 17.8 Å². The first-order valence-electron chi connectivity index (χ1n) is 4.94. The molecule has 0 aliphatic rings. The molecule has 1 N–H and O–H groups in total. The van der Waals surface area contributed by atoms with Crippen LogP contribution in [0.25, 0.3) is 5.69 Å². The molecule has 2 aromatic rings. The first-order valence-corrected chi connectivity index (χ1v) is 6.14. The fourth-order valence-electron chi connectivity index (χ4n) is 1.57. The molecule has 1 aromatic carbocycles. The van der Waals surface area contributed by atoms with Crippen molar-refractivity contribution in [1.29, 1.82) is 0 Å². The predicted octanol–water partition coefficient (Wildman–Crippen LogP) is 4.62. The smallest absolute Gasteiger partial charge is 0.335 e. The Morgan fingerprint density at radius 3 is 2.50 bits per heavy atom. The molecular formula is C11H8BrF3N2S. The summed E-state index contributed by atoms with van der Waals surface area (Å²) >= 11 is 8.29. The Kier molecular flexibility index (Phi) is 3.37. The number of nitrogens with zero attached hydrogens (tertiary/aromatic N) is 1. The molecule has 96 valence electrons. The fourth-order valence-corrected chi connectivity index (χ4v) is 2.32. The van der Waals surface area contributed by atoms with Gasteiger partial charge in [0.05, 0.1) is 11.3 Å². The fraction of sp³-hybridized carbons (Fsp3) is 0.182. The lowest BCUT2D eigenvalue weighted by atomic mass is 10.2. The van der Waals surface area contributed by atoms with Gasteiger partial charge in [0, 0.05) is 16.4 Å². The number of hydrogen-bond donors (Lipinski definition) is 1. The first kappa shape index (κ1) is 13.4. The van der Waals surface area contributed by atoms with Gasteiger partial charge in [-0.15, -0.1) is 0 Å². The zero-order valence-corrected chi connectivity index (χ0v) is 11.6. The summed E-state index contributed by atoms with van der Waals surface area (Å²) in [7, 11) is 0. The van der Waals surface area contributed by atoms with Crippen molar-refractivity contribution in [3.8, 4) is 5.69 Å². The second kappa shape index (κ2) is 4.55. The number of imidazole rings is 1. The Labute approximate surface area is 115 Å². The Morgan fingerprint density at radius 1 is 1.33 bits per heavy atom. The van der Waals surface area contributed by atoms with Crippen LogP contribution in [0.1, 0.15) is 11.3 Å². The van der Waals surface area contributed by atoms with Gasteiger partial charge in [-0.3, -0.25) is 4.57 Å². The SMILES string of the molecule is Cc1cn(-c2cc(C(F)(F)F)ccc2Br)c(=S)[nH]1. The first-order chi connectivity index (χ1) is 8.29. The third-order valence-electron chi connectivity index (χ3n) is 2.38. The van der Waals surface area contributed by atoms with Gasteiger partial charge < -0.3 is 4.98 Å². The standard InChI is InChI=1S/C11H8BrF3N2S/c1-6-5-17(10(18)16-6)9-4-7(11(13,14)15)2-3-8(9)12/h2-5H,1H3,(H,16,18). The van der Waals surface area contributed by atoms with E-state index in [0.29, 0.717) is 14.9 Å². The van der Waals surface area contributed by atoms with E-state index in [1.165, 1.54) is 10.6 Å². The molecule has 0 aliphatic carbocycles. The van der Waals surface area contributed by atoms with Crippen molar-refractivity contribution in [1.82, 2.24) is 9.55 Å². The minimum Gasteiger partial charge on any atom is -0.335 e. The van der Waals surface area contributed by atoms with E-state index in [1.807, 2.05) is 0 Å². The van der Waals surface area contributed by atoms with Gasteiger partial charge in [-0.25, -0.2) is 0 Å². The molecule has 1 aromatic heterocycles. The Bertz CT molecular complexity index is 642. The number of nitrogens with one attached hydrogen (secondary N) is 1. The molecule has 0 saturated carbocycles. The van der Waals surface area contributed by atoms with E-state index >= 15 is 0 Å². The highest BCUT2D eigenvalue weighted by Gasteiger charge is 2.31. The minimum absolute atomic E-state index is 0.354. The largest absolute Gasteiger partial charge is 0.416 e. The lowest BCUT2D eigenvalue weighted by molar-refractivity contribution is -0.137. The third-order valence-corrected chi connectivity index (χ3v) is 3.35. The van der Waals surface area contributed by atoms with Crippen molar-refractivity contribution in [3.63, 3.8) is 0 Å². The molecule has 7 heteroatoms. The second-order valence-electron chi connectivity index (χ2n) is 3.78. The van der Waals surface area contributed by atoms with Gasteiger partial charge in [-0.1, -0.05) is 0 Å². The van der Waals surface area contributed by atoms with Crippen molar-refractivity contribution in [2.24, 2.45) is 0 Å². The molecule has 0 amide bonds. The van der Waals surface area contributed by atoms with Crippen molar-refractivity contribution in [2.45, 2.75) is 13.1 Å². The van der Waals surface area contributed by atoms with Crippen LogP contribution in [0, 0.1) is 11.7 Å². The molecule has 0 spiro atoms. The molecule has 0 bridgehead atoms. The van der Waals surface area contributed by atoms with Gasteiger partial charge >= 0.3 is 6.18 Å².